The predicted molar refractivity (Wildman–Crippen MR) is 125 cm³/mol. The Bertz CT molecular complexity index is 1330. The normalized spacial score (nSPS) is 17.3. The number of hydrogen-bond acceptors (Lipinski definition) is 5. The summed E-state index contributed by atoms with van der Waals surface area (Å²) in [6.07, 6.45) is 0. The number of fused-ring (bicyclic) bond motifs is 1. The fraction of sp³-hybridized carbons (Fsp3) is 0.318. The van der Waals surface area contributed by atoms with Gasteiger partial charge in [0.15, 0.2) is 0 Å². The maximum absolute atomic E-state index is 14.5. The summed E-state index contributed by atoms with van der Waals surface area (Å²) in [4.78, 5) is 21.0. The smallest absolute Gasteiger partial charge is 0.252 e. The van der Waals surface area contributed by atoms with Gasteiger partial charge >= 0.3 is 0 Å². The summed E-state index contributed by atoms with van der Waals surface area (Å²) in [5, 5.41) is 8.26. The summed E-state index contributed by atoms with van der Waals surface area (Å²) in [6, 6.07) is 8.08. The van der Waals surface area contributed by atoms with E-state index in [0.717, 1.165) is 0 Å². The number of benzene rings is 1. The first-order valence-electron chi connectivity index (χ1n) is 10.6. The van der Waals surface area contributed by atoms with Gasteiger partial charge in [0.25, 0.3) is 5.56 Å². The zero-order valence-corrected chi connectivity index (χ0v) is 18.9. The standard InChI is InChI=1S/C22H22B2F3N5O/c1-12-11-31(22(23,24)20-15(26)7-13(25)8-16(20)27)5-6-32(12)18-9-19(33)30(2)17-4-3-14(10-28)29-21(17)18/h3-4,7-9,12H,5-6,11,23-24H2,1-2H3/t12-/m0/s1. The van der Waals surface area contributed by atoms with Crippen molar-refractivity contribution in [2.24, 2.45) is 7.05 Å². The van der Waals surface area contributed by atoms with Crippen molar-refractivity contribution < 1.29 is 13.2 Å². The van der Waals surface area contributed by atoms with Gasteiger partial charge in [0.05, 0.1) is 11.2 Å². The van der Waals surface area contributed by atoms with Crippen LogP contribution in [0.15, 0.2) is 35.1 Å². The molecule has 4 rings (SSSR count). The van der Waals surface area contributed by atoms with Crippen LogP contribution in [0.4, 0.5) is 18.9 Å². The highest BCUT2D eigenvalue weighted by molar-refractivity contribution is 6.39. The van der Waals surface area contributed by atoms with E-state index in [1.165, 1.54) is 10.6 Å². The summed E-state index contributed by atoms with van der Waals surface area (Å²) in [5.41, 5.74) is 1.65. The highest BCUT2D eigenvalue weighted by Crippen LogP contribution is 2.32. The molecular weight excluding hydrogens is 429 g/mol. The van der Waals surface area contributed by atoms with Crippen molar-refractivity contribution in [3.63, 3.8) is 0 Å². The molecule has 6 nitrogen and oxygen atoms in total. The van der Waals surface area contributed by atoms with Crippen LogP contribution in [0.1, 0.15) is 18.2 Å². The SMILES string of the molecule is BC(B)(c1c(F)cc(F)cc1F)N1CCN(c2cc(=O)n(C)c3ccc(C#N)nc23)[C@@H](C)C1. The van der Waals surface area contributed by atoms with Crippen LogP contribution < -0.4 is 10.5 Å². The number of aryl methyl sites for hydroxylation is 1. The van der Waals surface area contributed by atoms with E-state index in [1.807, 2.05) is 22.8 Å². The van der Waals surface area contributed by atoms with Crippen molar-refractivity contribution in [3.8, 4) is 6.07 Å². The van der Waals surface area contributed by atoms with E-state index in [9.17, 15) is 23.2 Å². The number of anilines is 1. The topological polar surface area (TPSA) is 65.2 Å². The molecule has 1 aromatic carbocycles. The van der Waals surface area contributed by atoms with Crippen molar-refractivity contribution in [1.29, 1.82) is 5.26 Å². The Morgan fingerprint density at radius 3 is 2.42 bits per heavy atom. The zero-order valence-electron chi connectivity index (χ0n) is 18.9. The van der Waals surface area contributed by atoms with Crippen molar-refractivity contribution in [1.82, 2.24) is 14.5 Å². The fourth-order valence-corrected chi connectivity index (χ4v) is 4.70. The number of halogens is 3. The van der Waals surface area contributed by atoms with Crippen LogP contribution in [0.25, 0.3) is 11.0 Å². The molecule has 0 amide bonds. The molecule has 2 aromatic heterocycles. The van der Waals surface area contributed by atoms with Gasteiger partial charge in [-0.25, -0.2) is 18.2 Å². The molecule has 1 atom stereocenters. The van der Waals surface area contributed by atoms with Crippen LogP contribution in [-0.2, 0) is 12.4 Å². The molecule has 0 saturated carbocycles. The third kappa shape index (κ3) is 3.89. The molecule has 1 fully saturated rings. The molecule has 0 aliphatic carbocycles. The summed E-state index contributed by atoms with van der Waals surface area (Å²) in [5.74, 6) is -2.79. The van der Waals surface area contributed by atoms with Gasteiger partial charge < -0.3 is 14.4 Å². The minimum absolute atomic E-state index is 0.132. The van der Waals surface area contributed by atoms with E-state index >= 15 is 0 Å². The van der Waals surface area contributed by atoms with E-state index in [-0.39, 0.29) is 22.9 Å². The van der Waals surface area contributed by atoms with Crippen LogP contribution in [0.5, 0.6) is 0 Å². The van der Waals surface area contributed by atoms with Gasteiger partial charge in [-0.15, -0.1) is 0 Å². The minimum atomic E-state index is -1.02. The maximum Gasteiger partial charge on any atom is 0.252 e. The highest BCUT2D eigenvalue weighted by atomic mass is 19.1. The number of rotatable bonds is 3. The summed E-state index contributed by atoms with van der Waals surface area (Å²) in [7, 11) is 5.07. The van der Waals surface area contributed by atoms with Crippen LogP contribution >= 0.6 is 0 Å². The molecular formula is C22H22B2F3N5O. The van der Waals surface area contributed by atoms with Crippen LogP contribution in [0.2, 0.25) is 0 Å². The van der Waals surface area contributed by atoms with Gasteiger partial charge in [0.1, 0.15) is 50.4 Å². The minimum Gasteiger partial charge on any atom is -0.364 e. The van der Waals surface area contributed by atoms with Crippen molar-refractivity contribution >= 4 is 32.4 Å². The number of aromatic nitrogens is 2. The van der Waals surface area contributed by atoms with Gasteiger partial charge in [-0.1, -0.05) is 0 Å². The number of nitrogens with zero attached hydrogens (tertiary/aromatic N) is 5. The second-order valence-electron chi connectivity index (χ2n) is 8.89. The highest BCUT2D eigenvalue weighted by Gasteiger charge is 2.38. The fourth-order valence-electron chi connectivity index (χ4n) is 4.70. The first-order valence-corrected chi connectivity index (χ1v) is 10.6. The number of piperazine rings is 1. The van der Waals surface area contributed by atoms with E-state index in [2.05, 4.69) is 4.98 Å². The van der Waals surface area contributed by atoms with E-state index in [0.29, 0.717) is 48.5 Å². The summed E-state index contributed by atoms with van der Waals surface area (Å²) < 4.78 is 44.0. The molecule has 0 radical (unpaired) electrons. The largest absolute Gasteiger partial charge is 0.364 e. The van der Waals surface area contributed by atoms with Crippen molar-refractivity contribution in [3.05, 3.63) is 69.4 Å². The van der Waals surface area contributed by atoms with Gasteiger partial charge in [-0.05, 0) is 24.4 Å². The summed E-state index contributed by atoms with van der Waals surface area (Å²) >= 11 is 0. The Morgan fingerprint density at radius 1 is 1.15 bits per heavy atom. The molecule has 0 N–H and O–H groups in total. The maximum atomic E-state index is 14.5. The lowest BCUT2D eigenvalue weighted by atomic mass is 9.56. The second kappa shape index (κ2) is 8.27. The molecule has 1 saturated heterocycles. The van der Waals surface area contributed by atoms with E-state index in [4.69, 9.17) is 0 Å². The Kier molecular flexibility index (Phi) is 5.74. The third-order valence-electron chi connectivity index (χ3n) is 6.53. The average molecular weight is 451 g/mol. The van der Waals surface area contributed by atoms with Crippen LogP contribution in [-0.4, -0.2) is 55.8 Å². The van der Waals surface area contributed by atoms with Crippen LogP contribution in [0.3, 0.4) is 0 Å². The zero-order chi connectivity index (χ0) is 24.1. The number of pyridine rings is 2. The molecule has 33 heavy (non-hydrogen) atoms. The van der Waals surface area contributed by atoms with Crippen molar-refractivity contribution in [2.75, 3.05) is 24.5 Å². The molecule has 3 heterocycles. The molecule has 3 aromatic rings. The molecule has 11 heteroatoms. The molecule has 168 valence electrons. The Hall–Kier alpha value is -3.25. The Labute approximate surface area is 191 Å². The first-order chi connectivity index (χ1) is 15.5. The van der Waals surface area contributed by atoms with E-state index < -0.39 is 22.8 Å². The quantitative estimate of drug-likeness (QED) is 0.552. The molecule has 1 aliphatic rings. The van der Waals surface area contributed by atoms with E-state index in [1.54, 1.807) is 34.9 Å². The molecule has 0 spiro atoms. The van der Waals surface area contributed by atoms with Crippen molar-refractivity contribution in [2.45, 2.75) is 18.3 Å². The van der Waals surface area contributed by atoms with Gasteiger partial charge in [-0.3, -0.25) is 4.79 Å². The van der Waals surface area contributed by atoms with Gasteiger partial charge in [0.2, 0.25) is 0 Å². The first kappa shape index (κ1) is 22.9. The lowest BCUT2D eigenvalue weighted by Crippen LogP contribution is -2.60. The predicted octanol–water partition coefficient (Wildman–Crippen LogP) is 0.810. The monoisotopic (exact) mass is 451 g/mol. The Morgan fingerprint density at radius 2 is 1.82 bits per heavy atom. The van der Waals surface area contributed by atoms with Gasteiger partial charge in [0, 0.05) is 56.5 Å². The molecule has 1 aliphatic heterocycles. The van der Waals surface area contributed by atoms with Gasteiger partial charge in [-0.2, -0.15) is 5.26 Å². The number of nitriles is 1. The second-order valence-corrected chi connectivity index (χ2v) is 8.89. The van der Waals surface area contributed by atoms with Crippen LogP contribution in [0, 0.1) is 28.8 Å². The summed E-state index contributed by atoms with van der Waals surface area (Å²) in [6.45, 7) is 3.31. The number of hydrogen-bond donors (Lipinski definition) is 0. The Balaban J connectivity index is 1.70. The molecule has 0 bridgehead atoms. The molecule has 0 unspecified atom stereocenters. The third-order valence-corrected chi connectivity index (χ3v) is 6.53. The lowest BCUT2D eigenvalue weighted by Gasteiger charge is -2.48. The average Bonchev–Trinajstić information content (AvgIpc) is 2.75. The lowest BCUT2D eigenvalue weighted by molar-refractivity contribution is 0.179.